The van der Waals surface area contributed by atoms with E-state index < -0.39 is 0 Å². The summed E-state index contributed by atoms with van der Waals surface area (Å²) in [5.74, 6) is 0. The molecule has 0 fully saturated rings. The van der Waals surface area contributed by atoms with Gasteiger partial charge in [0.25, 0.3) is 0 Å². The van der Waals surface area contributed by atoms with Gasteiger partial charge in [0.1, 0.15) is 0 Å². The molecule has 0 unspecified atom stereocenters. The molecular weight excluding hydrogens is 180 g/mol. The maximum atomic E-state index is 3.81. The Morgan fingerprint density at radius 2 is 1.73 bits per heavy atom. The largest absolute Gasteiger partial charge is 0.103 e. The van der Waals surface area contributed by atoms with E-state index in [9.17, 15) is 0 Å². The van der Waals surface area contributed by atoms with Gasteiger partial charge in [0.05, 0.1) is 0 Å². The molecule has 0 saturated carbocycles. The topological polar surface area (TPSA) is 0 Å². The average molecular weight is 200 g/mol. The van der Waals surface area contributed by atoms with Gasteiger partial charge in [0.15, 0.2) is 0 Å². The molecule has 0 aliphatic carbocycles. The summed E-state index contributed by atoms with van der Waals surface area (Å²) in [6.07, 6.45) is 8.21. The minimum Gasteiger partial charge on any atom is -0.103 e. The van der Waals surface area contributed by atoms with E-state index in [0.29, 0.717) is 0 Å². The van der Waals surface area contributed by atoms with Crippen molar-refractivity contribution < 1.29 is 0 Å². The lowest BCUT2D eigenvalue weighted by Crippen LogP contribution is -1.94. The van der Waals surface area contributed by atoms with Crippen LogP contribution in [0.25, 0.3) is 0 Å². The molecule has 80 valence electrons. The maximum Gasteiger partial charge on any atom is -0.00972 e. The molecule has 0 atom stereocenters. The van der Waals surface area contributed by atoms with Crippen LogP contribution in [0.15, 0.2) is 43.5 Å². The summed E-state index contributed by atoms with van der Waals surface area (Å²) in [5, 5.41) is 0. The smallest absolute Gasteiger partial charge is 0.00972 e. The van der Waals surface area contributed by atoms with Crippen LogP contribution in [-0.2, 0) is 19.3 Å². The van der Waals surface area contributed by atoms with Crippen LogP contribution in [0.1, 0.15) is 30.0 Å². The molecule has 0 aliphatic rings. The maximum absolute atomic E-state index is 3.81. The SMILES string of the molecule is C=CCc1ccc(CCC)cc1CC=C. The molecule has 0 heteroatoms. The summed E-state index contributed by atoms with van der Waals surface area (Å²) in [6.45, 7) is 9.81. The first-order valence-electron chi connectivity index (χ1n) is 5.64. The van der Waals surface area contributed by atoms with Crippen LogP contribution in [-0.4, -0.2) is 0 Å². The first-order chi connectivity index (χ1) is 7.31. The van der Waals surface area contributed by atoms with E-state index in [1.165, 1.54) is 29.5 Å². The molecule has 0 nitrogen and oxygen atoms in total. The second-order valence-corrected chi connectivity index (χ2v) is 3.84. The number of aryl methyl sites for hydroxylation is 1. The predicted molar refractivity (Wildman–Crippen MR) is 68.2 cm³/mol. The van der Waals surface area contributed by atoms with Crippen molar-refractivity contribution in [3.8, 4) is 0 Å². The van der Waals surface area contributed by atoms with Crippen molar-refractivity contribution in [2.45, 2.75) is 32.6 Å². The Bertz CT molecular complexity index is 334. The third kappa shape index (κ3) is 3.39. The minimum atomic E-state index is 0.954. The fourth-order valence-corrected chi connectivity index (χ4v) is 1.82. The first kappa shape index (κ1) is 11.8. The van der Waals surface area contributed by atoms with E-state index in [0.717, 1.165) is 12.8 Å². The Morgan fingerprint density at radius 3 is 2.33 bits per heavy atom. The molecule has 0 N–H and O–H groups in total. The highest BCUT2D eigenvalue weighted by Crippen LogP contribution is 2.15. The van der Waals surface area contributed by atoms with Gasteiger partial charge in [-0.15, -0.1) is 13.2 Å². The number of benzene rings is 1. The van der Waals surface area contributed by atoms with Crippen molar-refractivity contribution >= 4 is 0 Å². The number of hydrogen-bond donors (Lipinski definition) is 0. The van der Waals surface area contributed by atoms with E-state index in [1.807, 2.05) is 12.2 Å². The van der Waals surface area contributed by atoms with Crippen molar-refractivity contribution in [3.05, 3.63) is 60.2 Å². The molecule has 1 rings (SSSR count). The molecule has 0 radical (unpaired) electrons. The van der Waals surface area contributed by atoms with Gasteiger partial charge >= 0.3 is 0 Å². The quantitative estimate of drug-likeness (QED) is 0.607. The van der Waals surface area contributed by atoms with Crippen LogP contribution in [0.4, 0.5) is 0 Å². The van der Waals surface area contributed by atoms with E-state index in [4.69, 9.17) is 0 Å². The number of allylic oxidation sites excluding steroid dienone is 2. The summed E-state index contributed by atoms with van der Waals surface area (Å²) in [5.41, 5.74) is 4.21. The third-order valence-electron chi connectivity index (χ3n) is 2.54. The minimum absolute atomic E-state index is 0.954. The molecule has 0 aliphatic heterocycles. The normalized spacial score (nSPS) is 9.93. The van der Waals surface area contributed by atoms with Crippen LogP contribution in [0.5, 0.6) is 0 Å². The molecule has 0 aromatic heterocycles. The Hall–Kier alpha value is -1.30. The first-order valence-corrected chi connectivity index (χ1v) is 5.64. The Morgan fingerprint density at radius 1 is 1.07 bits per heavy atom. The van der Waals surface area contributed by atoms with Gasteiger partial charge in [0.2, 0.25) is 0 Å². The van der Waals surface area contributed by atoms with Gasteiger partial charge in [-0.1, -0.05) is 43.7 Å². The van der Waals surface area contributed by atoms with Crippen molar-refractivity contribution in [1.82, 2.24) is 0 Å². The van der Waals surface area contributed by atoms with Crippen LogP contribution >= 0.6 is 0 Å². The molecule has 1 aromatic carbocycles. The monoisotopic (exact) mass is 200 g/mol. The lowest BCUT2D eigenvalue weighted by molar-refractivity contribution is 0.916. The van der Waals surface area contributed by atoms with Gasteiger partial charge in [-0.2, -0.15) is 0 Å². The van der Waals surface area contributed by atoms with Crippen molar-refractivity contribution in [3.63, 3.8) is 0 Å². The molecule has 0 bridgehead atoms. The summed E-state index contributed by atoms with van der Waals surface area (Å²) >= 11 is 0. The highest BCUT2D eigenvalue weighted by Gasteiger charge is 2.01. The third-order valence-corrected chi connectivity index (χ3v) is 2.54. The molecule has 0 spiro atoms. The van der Waals surface area contributed by atoms with Crippen molar-refractivity contribution in [2.75, 3.05) is 0 Å². The Balaban J connectivity index is 2.96. The van der Waals surface area contributed by atoms with Crippen LogP contribution in [0.3, 0.4) is 0 Å². The zero-order chi connectivity index (χ0) is 11.1. The molecule has 15 heavy (non-hydrogen) atoms. The summed E-state index contributed by atoms with van der Waals surface area (Å²) in [4.78, 5) is 0. The van der Waals surface area contributed by atoms with Crippen LogP contribution < -0.4 is 0 Å². The van der Waals surface area contributed by atoms with Crippen LogP contribution in [0, 0.1) is 0 Å². The molecule has 0 heterocycles. The molecule has 1 aromatic rings. The van der Waals surface area contributed by atoms with E-state index in [1.54, 1.807) is 0 Å². The van der Waals surface area contributed by atoms with E-state index in [2.05, 4.69) is 38.3 Å². The highest BCUT2D eigenvalue weighted by atomic mass is 14.1. The highest BCUT2D eigenvalue weighted by molar-refractivity contribution is 5.34. The van der Waals surface area contributed by atoms with Gasteiger partial charge < -0.3 is 0 Å². The van der Waals surface area contributed by atoms with Crippen molar-refractivity contribution in [1.29, 1.82) is 0 Å². The predicted octanol–water partition coefficient (Wildman–Crippen LogP) is 4.10. The Labute approximate surface area is 93.3 Å². The average Bonchev–Trinajstić information content (AvgIpc) is 2.23. The zero-order valence-electron chi connectivity index (χ0n) is 9.63. The van der Waals surface area contributed by atoms with Gasteiger partial charge in [-0.25, -0.2) is 0 Å². The summed E-state index contributed by atoms with van der Waals surface area (Å²) in [7, 11) is 0. The fourth-order valence-electron chi connectivity index (χ4n) is 1.82. The second-order valence-electron chi connectivity index (χ2n) is 3.84. The van der Waals surface area contributed by atoms with Crippen molar-refractivity contribution in [2.24, 2.45) is 0 Å². The lowest BCUT2D eigenvalue weighted by atomic mass is 9.97. The summed E-state index contributed by atoms with van der Waals surface area (Å²) in [6, 6.07) is 6.77. The number of rotatable bonds is 6. The Kier molecular flexibility index (Phi) is 4.89. The zero-order valence-corrected chi connectivity index (χ0v) is 9.63. The fraction of sp³-hybridized carbons (Fsp3) is 0.333. The molecule has 0 saturated heterocycles. The standard InChI is InChI=1S/C15H20/c1-4-7-13-10-11-14(8-5-2)15(12-13)9-6-3/h5-6,10-12H,2-4,7-9H2,1H3. The van der Waals surface area contributed by atoms with Crippen LogP contribution in [0.2, 0.25) is 0 Å². The van der Waals surface area contributed by atoms with Gasteiger partial charge in [0, 0.05) is 0 Å². The summed E-state index contributed by atoms with van der Waals surface area (Å²) < 4.78 is 0. The molecular formula is C15H20. The molecule has 0 amide bonds. The lowest BCUT2D eigenvalue weighted by Gasteiger charge is -2.08. The van der Waals surface area contributed by atoms with E-state index in [-0.39, 0.29) is 0 Å². The second kappa shape index (κ2) is 6.23. The van der Waals surface area contributed by atoms with Gasteiger partial charge in [-0.05, 0) is 36.0 Å². The van der Waals surface area contributed by atoms with Gasteiger partial charge in [-0.3, -0.25) is 0 Å². The number of hydrogen-bond acceptors (Lipinski definition) is 0. The van der Waals surface area contributed by atoms with E-state index >= 15 is 0 Å².